The maximum atomic E-state index is 12.6. The van der Waals surface area contributed by atoms with E-state index in [1.54, 1.807) is 24.5 Å². The fraction of sp³-hybridized carbons (Fsp3) is 0.273. The van der Waals surface area contributed by atoms with Crippen molar-refractivity contribution < 1.29 is 4.79 Å². The molecular weight excluding hydrogens is 364 g/mol. The number of hydrogen-bond donors (Lipinski definition) is 1. The van der Waals surface area contributed by atoms with E-state index in [0.717, 1.165) is 17.2 Å². The molecule has 148 valence electrons. The molecule has 3 heterocycles. The summed E-state index contributed by atoms with van der Waals surface area (Å²) in [4.78, 5) is 29.9. The van der Waals surface area contributed by atoms with Crippen molar-refractivity contribution >= 4 is 23.4 Å². The number of anilines is 3. The number of pyridine rings is 1. The highest BCUT2D eigenvalue weighted by Crippen LogP contribution is 2.20. The van der Waals surface area contributed by atoms with Crippen LogP contribution in [-0.2, 0) is 0 Å². The molecule has 1 aliphatic heterocycles. The Bertz CT molecular complexity index is 982. The van der Waals surface area contributed by atoms with E-state index in [-0.39, 0.29) is 5.91 Å². The van der Waals surface area contributed by atoms with E-state index >= 15 is 0 Å². The van der Waals surface area contributed by atoms with Crippen LogP contribution in [0.2, 0.25) is 0 Å². The number of nitrogens with zero attached hydrogens (tertiary/aromatic N) is 5. The third kappa shape index (κ3) is 4.51. The van der Waals surface area contributed by atoms with Crippen LogP contribution in [0.15, 0.2) is 54.9 Å². The van der Waals surface area contributed by atoms with Gasteiger partial charge in [-0.25, -0.2) is 4.98 Å². The van der Waals surface area contributed by atoms with Gasteiger partial charge in [0.15, 0.2) is 0 Å². The lowest BCUT2D eigenvalue weighted by molar-refractivity contribution is 0.0746. The van der Waals surface area contributed by atoms with Gasteiger partial charge in [0.05, 0.1) is 5.56 Å². The van der Waals surface area contributed by atoms with Crippen LogP contribution in [0.4, 0.5) is 17.5 Å². The molecule has 0 radical (unpaired) electrons. The molecule has 3 aromatic rings. The predicted octanol–water partition coefficient (Wildman–Crippen LogP) is 3.19. The van der Waals surface area contributed by atoms with Crippen LogP contribution < -0.4 is 10.2 Å². The summed E-state index contributed by atoms with van der Waals surface area (Å²) in [5, 5.41) is 3.35. The molecule has 0 atom stereocenters. The molecule has 0 aliphatic carbocycles. The Hall–Kier alpha value is -3.48. The van der Waals surface area contributed by atoms with E-state index in [9.17, 15) is 4.79 Å². The summed E-state index contributed by atoms with van der Waals surface area (Å²) in [5.74, 6) is 1.47. The zero-order chi connectivity index (χ0) is 20.2. The first kappa shape index (κ1) is 18.9. The predicted molar refractivity (Wildman–Crippen MR) is 114 cm³/mol. The van der Waals surface area contributed by atoms with Crippen molar-refractivity contribution in [2.24, 2.45) is 0 Å². The molecule has 0 saturated carbocycles. The van der Waals surface area contributed by atoms with Gasteiger partial charge in [0.25, 0.3) is 5.91 Å². The monoisotopic (exact) mass is 388 g/mol. The van der Waals surface area contributed by atoms with Crippen molar-refractivity contribution in [1.29, 1.82) is 0 Å². The van der Waals surface area contributed by atoms with E-state index in [2.05, 4.69) is 39.2 Å². The van der Waals surface area contributed by atoms with Gasteiger partial charge < -0.3 is 15.1 Å². The Morgan fingerprint density at radius 2 is 1.76 bits per heavy atom. The first-order valence-electron chi connectivity index (χ1n) is 9.72. The molecule has 1 N–H and O–H groups in total. The van der Waals surface area contributed by atoms with Gasteiger partial charge >= 0.3 is 0 Å². The molecular formula is C22H24N6O. The Morgan fingerprint density at radius 1 is 1.00 bits per heavy atom. The highest BCUT2D eigenvalue weighted by Gasteiger charge is 2.24. The molecule has 2 aromatic heterocycles. The zero-order valence-electron chi connectivity index (χ0n) is 16.7. The normalized spacial score (nSPS) is 14.0. The number of benzene rings is 1. The summed E-state index contributed by atoms with van der Waals surface area (Å²) in [6.07, 6.45) is 3.29. The van der Waals surface area contributed by atoms with Crippen LogP contribution in [0.25, 0.3) is 0 Å². The molecule has 0 unspecified atom stereocenters. The lowest BCUT2D eigenvalue weighted by Gasteiger charge is -2.35. The van der Waals surface area contributed by atoms with Crippen molar-refractivity contribution in [3.05, 3.63) is 71.7 Å². The number of piperazine rings is 1. The highest BCUT2D eigenvalue weighted by atomic mass is 16.2. The standard InChI is InChI=1S/C22H24N6O/c1-16-5-7-19(8-6-16)25-20-14-17(2)24-22(26-20)28-12-10-27(11-13-28)21(29)18-4-3-9-23-15-18/h3-9,14-15H,10-13H2,1-2H3,(H,24,25,26). The molecule has 1 aliphatic rings. The van der Waals surface area contributed by atoms with Crippen molar-refractivity contribution in [1.82, 2.24) is 19.9 Å². The molecule has 1 amide bonds. The zero-order valence-corrected chi connectivity index (χ0v) is 16.7. The Kier molecular flexibility index (Phi) is 5.37. The summed E-state index contributed by atoms with van der Waals surface area (Å²) in [6.45, 7) is 6.68. The van der Waals surface area contributed by atoms with Gasteiger partial charge in [-0.3, -0.25) is 9.78 Å². The number of amides is 1. The maximum absolute atomic E-state index is 12.6. The fourth-order valence-electron chi connectivity index (χ4n) is 3.32. The number of nitrogens with one attached hydrogen (secondary N) is 1. The second-order valence-electron chi connectivity index (χ2n) is 7.21. The largest absolute Gasteiger partial charge is 0.340 e. The molecule has 7 heteroatoms. The lowest BCUT2D eigenvalue weighted by Crippen LogP contribution is -2.49. The fourth-order valence-corrected chi connectivity index (χ4v) is 3.32. The third-order valence-corrected chi connectivity index (χ3v) is 4.92. The molecule has 1 fully saturated rings. The third-order valence-electron chi connectivity index (χ3n) is 4.92. The van der Waals surface area contributed by atoms with Crippen molar-refractivity contribution in [2.75, 3.05) is 36.4 Å². The average molecular weight is 388 g/mol. The number of rotatable bonds is 4. The van der Waals surface area contributed by atoms with Gasteiger partial charge in [0, 0.05) is 56.0 Å². The van der Waals surface area contributed by atoms with Gasteiger partial charge in [0.1, 0.15) is 5.82 Å². The Labute approximate surface area is 170 Å². The molecule has 29 heavy (non-hydrogen) atoms. The second kappa shape index (κ2) is 8.26. The van der Waals surface area contributed by atoms with E-state index < -0.39 is 0 Å². The number of aryl methyl sites for hydroxylation is 2. The van der Waals surface area contributed by atoms with Crippen LogP contribution in [0.3, 0.4) is 0 Å². The Morgan fingerprint density at radius 3 is 2.45 bits per heavy atom. The number of carbonyl (C=O) groups excluding carboxylic acids is 1. The van der Waals surface area contributed by atoms with Crippen LogP contribution in [-0.4, -0.2) is 51.9 Å². The topological polar surface area (TPSA) is 74.2 Å². The summed E-state index contributed by atoms with van der Waals surface area (Å²) in [6, 6.07) is 13.7. The maximum Gasteiger partial charge on any atom is 0.255 e. The molecule has 1 saturated heterocycles. The average Bonchev–Trinajstić information content (AvgIpc) is 2.75. The van der Waals surface area contributed by atoms with Crippen LogP contribution in [0.5, 0.6) is 0 Å². The lowest BCUT2D eigenvalue weighted by atomic mass is 10.2. The number of carbonyl (C=O) groups is 1. The van der Waals surface area contributed by atoms with E-state index in [4.69, 9.17) is 4.98 Å². The van der Waals surface area contributed by atoms with E-state index in [0.29, 0.717) is 37.7 Å². The Balaban J connectivity index is 1.43. The summed E-state index contributed by atoms with van der Waals surface area (Å²) in [5.41, 5.74) is 3.73. The summed E-state index contributed by atoms with van der Waals surface area (Å²) in [7, 11) is 0. The van der Waals surface area contributed by atoms with Gasteiger partial charge in [-0.15, -0.1) is 0 Å². The van der Waals surface area contributed by atoms with Gasteiger partial charge in [0.2, 0.25) is 5.95 Å². The summed E-state index contributed by atoms with van der Waals surface area (Å²) < 4.78 is 0. The minimum Gasteiger partial charge on any atom is -0.340 e. The molecule has 0 spiro atoms. The van der Waals surface area contributed by atoms with E-state index in [1.165, 1.54) is 5.56 Å². The van der Waals surface area contributed by atoms with Gasteiger partial charge in [-0.2, -0.15) is 4.98 Å². The molecule has 7 nitrogen and oxygen atoms in total. The SMILES string of the molecule is Cc1ccc(Nc2cc(C)nc(N3CCN(C(=O)c4cccnc4)CC3)n2)cc1. The van der Waals surface area contributed by atoms with Crippen LogP contribution in [0.1, 0.15) is 21.6 Å². The minimum absolute atomic E-state index is 0.0182. The quantitative estimate of drug-likeness (QED) is 0.740. The van der Waals surface area contributed by atoms with Gasteiger partial charge in [-0.1, -0.05) is 17.7 Å². The van der Waals surface area contributed by atoms with Crippen molar-refractivity contribution in [3.8, 4) is 0 Å². The minimum atomic E-state index is 0.0182. The second-order valence-corrected chi connectivity index (χ2v) is 7.21. The van der Waals surface area contributed by atoms with Crippen molar-refractivity contribution in [3.63, 3.8) is 0 Å². The number of aromatic nitrogens is 3. The highest BCUT2D eigenvalue weighted by molar-refractivity contribution is 5.94. The van der Waals surface area contributed by atoms with Crippen LogP contribution in [0, 0.1) is 13.8 Å². The van der Waals surface area contributed by atoms with Crippen LogP contribution >= 0.6 is 0 Å². The number of hydrogen-bond acceptors (Lipinski definition) is 6. The van der Waals surface area contributed by atoms with Gasteiger partial charge in [-0.05, 0) is 38.1 Å². The molecule has 1 aromatic carbocycles. The smallest absolute Gasteiger partial charge is 0.255 e. The first-order valence-corrected chi connectivity index (χ1v) is 9.72. The van der Waals surface area contributed by atoms with Crippen molar-refractivity contribution in [2.45, 2.75) is 13.8 Å². The summed E-state index contributed by atoms with van der Waals surface area (Å²) >= 11 is 0. The first-order chi connectivity index (χ1) is 14.1. The molecule has 4 rings (SSSR count). The molecule has 0 bridgehead atoms. The van der Waals surface area contributed by atoms with E-state index in [1.807, 2.05) is 30.0 Å².